The molecule has 0 saturated carbocycles. The molecule has 1 amide bonds. The molecule has 2 aromatic carbocycles. The van der Waals surface area contributed by atoms with Crippen molar-refractivity contribution in [1.29, 1.82) is 0 Å². The third kappa shape index (κ3) is 5.12. The molecule has 0 spiro atoms. The zero-order valence-electron chi connectivity index (χ0n) is 18.1. The van der Waals surface area contributed by atoms with Crippen molar-refractivity contribution in [2.24, 2.45) is 0 Å². The fraction of sp³-hybridized carbons (Fsp3) is 0.458. The lowest BCUT2D eigenvalue weighted by atomic mass is 9.98. The minimum absolute atomic E-state index is 0.00796. The van der Waals surface area contributed by atoms with Crippen molar-refractivity contribution in [2.45, 2.75) is 39.7 Å². The van der Waals surface area contributed by atoms with Crippen LogP contribution in [0, 0.1) is 0 Å². The van der Waals surface area contributed by atoms with Crippen LogP contribution < -0.4 is 4.90 Å². The molecule has 0 unspecified atom stereocenters. The highest BCUT2D eigenvalue weighted by molar-refractivity contribution is 6.08. The third-order valence-corrected chi connectivity index (χ3v) is 5.42. The van der Waals surface area contributed by atoms with E-state index in [4.69, 9.17) is 4.74 Å². The molecule has 3 rings (SSSR count). The monoisotopic (exact) mass is 412 g/mol. The first kappa shape index (κ1) is 22.1. The Hall–Kier alpha value is -2.57. The minimum Gasteiger partial charge on any atom is -0.508 e. The molecule has 162 valence electrons. The van der Waals surface area contributed by atoms with Crippen LogP contribution in [0.4, 0.5) is 5.69 Å². The number of nitrogens with zero attached hydrogens (tertiary/aromatic N) is 2. The molecule has 2 N–H and O–H groups in total. The Kier molecular flexibility index (Phi) is 7.34. The van der Waals surface area contributed by atoms with E-state index in [1.807, 2.05) is 39.0 Å². The summed E-state index contributed by atoms with van der Waals surface area (Å²) in [6.07, 6.45) is 0.787. The second-order valence-electron chi connectivity index (χ2n) is 8.10. The lowest BCUT2D eigenvalue weighted by Crippen LogP contribution is -2.36. The highest BCUT2D eigenvalue weighted by Crippen LogP contribution is 2.33. The van der Waals surface area contributed by atoms with Crippen molar-refractivity contribution in [3.05, 3.63) is 53.1 Å². The summed E-state index contributed by atoms with van der Waals surface area (Å²) >= 11 is 0. The molecule has 0 aliphatic carbocycles. The molecule has 0 aromatic heterocycles. The molecule has 2 aromatic rings. The normalized spacial score (nSPS) is 14.8. The zero-order chi connectivity index (χ0) is 21.7. The zero-order valence-corrected chi connectivity index (χ0v) is 18.1. The number of rotatable bonds is 7. The molecular formula is C24H32N2O4. The molecule has 30 heavy (non-hydrogen) atoms. The van der Waals surface area contributed by atoms with Crippen LogP contribution in [0.2, 0.25) is 0 Å². The number of carbonyl (C=O) groups excluding carboxylic acids is 1. The fourth-order valence-electron chi connectivity index (χ4n) is 3.78. The molecule has 6 heteroatoms. The van der Waals surface area contributed by atoms with Gasteiger partial charge in [0, 0.05) is 37.9 Å². The van der Waals surface area contributed by atoms with E-state index in [2.05, 4.69) is 11.0 Å². The summed E-state index contributed by atoms with van der Waals surface area (Å²) in [5, 5.41) is 20.5. The van der Waals surface area contributed by atoms with Gasteiger partial charge < -0.3 is 19.8 Å². The molecule has 1 aliphatic rings. The van der Waals surface area contributed by atoms with Crippen molar-refractivity contribution in [3.63, 3.8) is 0 Å². The Labute approximate surface area is 178 Å². The Balaban J connectivity index is 1.89. The fourth-order valence-corrected chi connectivity index (χ4v) is 3.78. The summed E-state index contributed by atoms with van der Waals surface area (Å²) < 4.78 is 5.42. The molecule has 0 atom stereocenters. The minimum atomic E-state index is -0.264. The maximum atomic E-state index is 13.4. The second kappa shape index (κ2) is 9.96. The SMILES string of the molecule is CCCN(C(=O)c1cc(C(C)C)c(O)cc1O)c1cccc(CN2CCOCC2)c1. The topological polar surface area (TPSA) is 73.2 Å². The maximum Gasteiger partial charge on any atom is 0.262 e. The number of benzene rings is 2. The number of carbonyl (C=O) groups is 1. The van der Waals surface area contributed by atoms with Crippen molar-refractivity contribution >= 4 is 11.6 Å². The highest BCUT2D eigenvalue weighted by Gasteiger charge is 2.23. The first-order valence-electron chi connectivity index (χ1n) is 10.7. The van der Waals surface area contributed by atoms with Gasteiger partial charge in [0.25, 0.3) is 5.91 Å². The third-order valence-electron chi connectivity index (χ3n) is 5.42. The molecule has 0 radical (unpaired) electrons. The van der Waals surface area contributed by atoms with Crippen molar-refractivity contribution in [3.8, 4) is 11.5 Å². The van der Waals surface area contributed by atoms with Crippen LogP contribution in [0.15, 0.2) is 36.4 Å². The van der Waals surface area contributed by atoms with Crippen molar-refractivity contribution in [2.75, 3.05) is 37.7 Å². The summed E-state index contributed by atoms with van der Waals surface area (Å²) in [5.74, 6) is -0.422. The van der Waals surface area contributed by atoms with Gasteiger partial charge in [-0.1, -0.05) is 32.9 Å². The lowest BCUT2D eigenvalue weighted by Gasteiger charge is -2.28. The van der Waals surface area contributed by atoms with Crippen molar-refractivity contribution < 1.29 is 19.7 Å². The van der Waals surface area contributed by atoms with E-state index in [-0.39, 0.29) is 28.9 Å². The standard InChI is InChI=1S/C24H32N2O4/c1-4-8-26(24(29)21-14-20(17(2)3)22(27)15-23(21)28)19-7-5-6-18(13-19)16-25-9-11-30-12-10-25/h5-7,13-15,17,27-28H,4,8-12,16H2,1-3H3. The number of phenolic OH excluding ortho intramolecular Hbond substituents is 2. The second-order valence-corrected chi connectivity index (χ2v) is 8.10. The summed E-state index contributed by atoms with van der Waals surface area (Å²) in [5.41, 5.74) is 2.81. The Morgan fingerprint density at radius 1 is 1.13 bits per heavy atom. The highest BCUT2D eigenvalue weighted by atomic mass is 16.5. The number of amides is 1. The van der Waals surface area contributed by atoms with Gasteiger partial charge in [0.05, 0.1) is 18.8 Å². The number of morpholine rings is 1. The van der Waals surface area contributed by atoms with Crippen molar-refractivity contribution in [1.82, 2.24) is 4.90 Å². The summed E-state index contributed by atoms with van der Waals surface area (Å²) in [6.45, 7) is 10.6. The smallest absolute Gasteiger partial charge is 0.262 e. The van der Waals surface area contributed by atoms with Crippen LogP contribution in [0.25, 0.3) is 0 Å². The average molecular weight is 413 g/mol. The largest absolute Gasteiger partial charge is 0.508 e. The van der Waals surface area contributed by atoms with Gasteiger partial charge in [-0.3, -0.25) is 9.69 Å². The lowest BCUT2D eigenvalue weighted by molar-refractivity contribution is 0.0342. The maximum absolute atomic E-state index is 13.4. The molecule has 1 heterocycles. The van der Waals surface area contributed by atoms with E-state index in [0.29, 0.717) is 12.1 Å². The van der Waals surface area contributed by atoms with Gasteiger partial charge in [-0.25, -0.2) is 0 Å². The van der Waals surface area contributed by atoms with Crippen LogP contribution in [-0.2, 0) is 11.3 Å². The van der Waals surface area contributed by atoms with Gasteiger partial charge in [0.2, 0.25) is 0 Å². The average Bonchev–Trinajstić information content (AvgIpc) is 2.72. The van der Waals surface area contributed by atoms with E-state index >= 15 is 0 Å². The van der Waals surface area contributed by atoms with E-state index in [1.54, 1.807) is 11.0 Å². The molecular weight excluding hydrogens is 380 g/mol. The van der Waals surface area contributed by atoms with Gasteiger partial charge in [0.15, 0.2) is 0 Å². The van der Waals surface area contributed by atoms with Crippen LogP contribution >= 0.6 is 0 Å². The van der Waals surface area contributed by atoms with E-state index in [0.717, 1.165) is 50.5 Å². The Morgan fingerprint density at radius 3 is 2.53 bits per heavy atom. The van der Waals surface area contributed by atoms with Crippen LogP contribution in [0.3, 0.4) is 0 Å². The predicted octanol–water partition coefficient (Wildman–Crippen LogP) is 4.11. The predicted molar refractivity (Wildman–Crippen MR) is 118 cm³/mol. The van der Waals surface area contributed by atoms with Crippen LogP contribution in [0.5, 0.6) is 11.5 Å². The van der Waals surface area contributed by atoms with Crippen LogP contribution in [-0.4, -0.2) is 53.9 Å². The van der Waals surface area contributed by atoms with E-state index < -0.39 is 0 Å². The number of phenols is 2. The first-order valence-corrected chi connectivity index (χ1v) is 10.7. The quantitative estimate of drug-likeness (QED) is 0.716. The number of anilines is 1. The van der Waals surface area contributed by atoms with Crippen LogP contribution in [0.1, 0.15) is 54.6 Å². The first-order chi connectivity index (χ1) is 14.4. The Morgan fingerprint density at radius 2 is 1.87 bits per heavy atom. The number of aromatic hydroxyl groups is 2. The van der Waals surface area contributed by atoms with Gasteiger partial charge in [-0.15, -0.1) is 0 Å². The summed E-state index contributed by atoms with van der Waals surface area (Å²) in [7, 11) is 0. The van der Waals surface area contributed by atoms with E-state index in [9.17, 15) is 15.0 Å². The van der Waals surface area contributed by atoms with Gasteiger partial charge in [0.1, 0.15) is 11.5 Å². The number of ether oxygens (including phenoxy) is 1. The van der Waals surface area contributed by atoms with E-state index in [1.165, 1.54) is 6.07 Å². The number of hydrogen-bond donors (Lipinski definition) is 2. The molecule has 6 nitrogen and oxygen atoms in total. The van der Waals surface area contributed by atoms with Gasteiger partial charge >= 0.3 is 0 Å². The molecule has 0 bridgehead atoms. The number of hydrogen-bond acceptors (Lipinski definition) is 5. The molecule has 1 saturated heterocycles. The summed E-state index contributed by atoms with van der Waals surface area (Å²) in [4.78, 5) is 17.5. The Bertz CT molecular complexity index is 876. The molecule has 1 fully saturated rings. The molecule has 1 aliphatic heterocycles. The van der Waals surface area contributed by atoms with Gasteiger partial charge in [-0.2, -0.15) is 0 Å². The van der Waals surface area contributed by atoms with Gasteiger partial charge in [-0.05, 0) is 41.7 Å². The summed E-state index contributed by atoms with van der Waals surface area (Å²) in [6, 6.07) is 10.9.